The molecular weight excluding hydrogens is 485 g/mol. The third kappa shape index (κ3) is 4.42. The predicted molar refractivity (Wildman–Crippen MR) is 123 cm³/mol. The van der Waals surface area contributed by atoms with Gasteiger partial charge in [-0.25, -0.2) is 5.43 Å². The number of furan rings is 1. The summed E-state index contributed by atoms with van der Waals surface area (Å²) in [5.41, 5.74) is 3.06. The summed E-state index contributed by atoms with van der Waals surface area (Å²) in [5.74, 6) is 0.379. The van der Waals surface area contributed by atoms with Gasteiger partial charge in [-0.15, -0.1) is 11.3 Å². The molecule has 2 heterocycles. The van der Waals surface area contributed by atoms with Gasteiger partial charge in [0.15, 0.2) is 0 Å². The number of hydrazone groups is 1. The topological polar surface area (TPSA) is 97.7 Å². The summed E-state index contributed by atoms with van der Waals surface area (Å²) in [6.07, 6.45) is 1.33. The Balaban J connectivity index is 1.47. The molecule has 11 heteroatoms. The first kappa shape index (κ1) is 21.3. The molecule has 0 atom stereocenters. The van der Waals surface area contributed by atoms with Crippen molar-refractivity contribution in [2.75, 3.05) is 0 Å². The van der Waals surface area contributed by atoms with E-state index in [1.54, 1.807) is 36.4 Å². The standard InChI is InChI=1S/C20H10Cl3N3O4S/c21-11-7-14(22)17-16(8-11)31-19(18(17)23)20(27)25-24-9-13-5-6-15(30-13)10-1-3-12(4-2-10)26(28)29/h1-9H,(H,25,27)/b24-9-. The van der Waals surface area contributed by atoms with E-state index in [1.807, 2.05) is 0 Å². The Kier molecular flexibility index (Phi) is 5.97. The van der Waals surface area contributed by atoms with E-state index in [0.29, 0.717) is 37.2 Å². The molecule has 0 saturated heterocycles. The summed E-state index contributed by atoms with van der Waals surface area (Å²) in [4.78, 5) is 23.0. The van der Waals surface area contributed by atoms with E-state index in [9.17, 15) is 14.9 Å². The normalized spacial score (nSPS) is 11.3. The summed E-state index contributed by atoms with van der Waals surface area (Å²) in [6, 6.07) is 12.5. The molecule has 0 unspecified atom stereocenters. The average Bonchev–Trinajstić information content (AvgIpc) is 3.32. The molecule has 4 aromatic rings. The number of thiophene rings is 1. The van der Waals surface area contributed by atoms with Gasteiger partial charge in [-0.1, -0.05) is 34.8 Å². The fourth-order valence-corrected chi connectivity index (χ4v) is 5.06. The van der Waals surface area contributed by atoms with Crippen molar-refractivity contribution in [1.29, 1.82) is 0 Å². The van der Waals surface area contributed by atoms with Crippen molar-refractivity contribution in [3.63, 3.8) is 0 Å². The largest absolute Gasteiger partial charge is 0.455 e. The Labute approximate surface area is 194 Å². The zero-order chi connectivity index (χ0) is 22.1. The van der Waals surface area contributed by atoms with Crippen LogP contribution in [0.25, 0.3) is 21.4 Å². The van der Waals surface area contributed by atoms with E-state index in [0.717, 1.165) is 11.3 Å². The highest BCUT2D eigenvalue weighted by Gasteiger charge is 2.19. The Bertz CT molecular complexity index is 1350. The number of benzene rings is 2. The zero-order valence-electron chi connectivity index (χ0n) is 15.3. The van der Waals surface area contributed by atoms with E-state index in [2.05, 4.69) is 10.5 Å². The van der Waals surface area contributed by atoms with E-state index >= 15 is 0 Å². The van der Waals surface area contributed by atoms with Crippen LogP contribution in [0.2, 0.25) is 15.1 Å². The third-order valence-electron chi connectivity index (χ3n) is 4.20. The van der Waals surface area contributed by atoms with Gasteiger partial charge in [0.2, 0.25) is 0 Å². The van der Waals surface area contributed by atoms with Crippen LogP contribution in [-0.2, 0) is 0 Å². The number of carbonyl (C=O) groups is 1. The van der Waals surface area contributed by atoms with Crippen LogP contribution in [0.15, 0.2) is 58.0 Å². The molecular formula is C20H10Cl3N3O4S. The molecule has 7 nitrogen and oxygen atoms in total. The van der Waals surface area contributed by atoms with Gasteiger partial charge in [0.1, 0.15) is 16.4 Å². The van der Waals surface area contributed by atoms with Crippen molar-refractivity contribution in [3.8, 4) is 11.3 Å². The molecule has 4 rings (SSSR count). The van der Waals surface area contributed by atoms with Gasteiger partial charge < -0.3 is 4.42 Å². The zero-order valence-corrected chi connectivity index (χ0v) is 18.3. The van der Waals surface area contributed by atoms with Crippen molar-refractivity contribution >= 4 is 74.0 Å². The molecule has 0 bridgehead atoms. The molecule has 31 heavy (non-hydrogen) atoms. The molecule has 0 fully saturated rings. The SMILES string of the molecule is O=C(N/N=C\c1ccc(-c2ccc([N+](=O)[O-])cc2)o1)c1sc2cc(Cl)cc(Cl)c2c1Cl. The number of non-ortho nitro benzene ring substituents is 1. The minimum atomic E-state index is -0.503. The Morgan fingerprint density at radius 1 is 1.13 bits per heavy atom. The first-order chi connectivity index (χ1) is 14.8. The highest BCUT2D eigenvalue weighted by Crippen LogP contribution is 2.41. The van der Waals surface area contributed by atoms with Crippen molar-refractivity contribution in [2.24, 2.45) is 5.10 Å². The first-order valence-electron chi connectivity index (χ1n) is 8.58. The maximum atomic E-state index is 12.5. The van der Waals surface area contributed by atoms with Gasteiger partial charge in [-0.2, -0.15) is 5.10 Å². The monoisotopic (exact) mass is 493 g/mol. The molecule has 0 radical (unpaired) electrons. The van der Waals surface area contributed by atoms with Crippen molar-refractivity contribution in [3.05, 3.63) is 84.4 Å². The number of amides is 1. The summed E-state index contributed by atoms with van der Waals surface area (Å²) in [6.45, 7) is 0. The quantitative estimate of drug-likeness (QED) is 0.187. The van der Waals surface area contributed by atoms with Crippen LogP contribution >= 0.6 is 46.1 Å². The smallest absolute Gasteiger partial charge is 0.283 e. The molecule has 0 aliphatic carbocycles. The van der Waals surface area contributed by atoms with E-state index in [4.69, 9.17) is 39.2 Å². The van der Waals surface area contributed by atoms with Crippen molar-refractivity contribution < 1.29 is 14.1 Å². The van der Waals surface area contributed by atoms with Gasteiger partial charge in [0.05, 0.1) is 21.2 Å². The van der Waals surface area contributed by atoms with Gasteiger partial charge in [0, 0.05) is 32.8 Å². The third-order valence-corrected chi connectivity index (χ3v) is 6.35. The van der Waals surface area contributed by atoms with Crippen LogP contribution in [0, 0.1) is 10.1 Å². The number of nitrogens with zero attached hydrogens (tertiary/aromatic N) is 2. The summed E-state index contributed by atoms with van der Waals surface area (Å²) < 4.78 is 6.32. The van der Waals surface area contributed by atoms with Crippen LogP contribution in [0.5, 0.6) is 0 Å². The molecule has 0 aliphatic rings. The number of nitro groups is 1. The number of hydrogen-bond acceptors (Lipinski definition) is 6. The van der Waals surface area contributed by atoms with Crippen molar-refractivity contribution in [1.82, 2.24) is 5.43 Å². The van der Waals surface area contributed by atoms with Gasteiger partial charge in [-0.05, 0) is 36.4 Å². The van der Waals surface area contributed by atoms with Crippen molar-refractivity contribution in [2.45, 2.75) is 0 Å². The summed E-state index contributed by atoms with van der Waals surface area (Å²) in [5, 5.41) is 16.2. The molecule has 0 spiro atoms. The number of nitrogens with one attached hydrogen (secondary N) is 1. The summed E-state index contributed by atoms with van der Waals surface area (Å²) >= 11 is 19.6. The van der Waals surface area contributed by atoms with E-state index < -0.39 is 10.8 Å². The molecule has 2 aromatic heterocycles. The molecule has 1 amide bonds. The number of carbonyl (C=O) groups excluding carboxylic acids is 1. The average molecular weight is 495 g/mol. The number of halogens is 3. The molecule has 0 aliphatic heterocycles. The number of hydrogen-bond donors (Lipinski definition) is 1. The molecule has 2 aromatic carbocycles. The van der Waals surface area contributed by atoms with Crippen LogP contribution < -0.4 is 5.43 Å². The fraction of sp³-hybridized carbons (Fsp3) is 0. The number of fused-ring (bicyclic) bond motifs is 1. The van der Waals surface area contributed by atoms with Gasteiger partial charge in [0.25, 0.3) is 11.6 Å². The minimum Gasteiger partial charge on any atom is -0.455 e. The van der Waals surface area contributed by atoms with Gasteiger partial charge in [-0.3, -0.25) is 14.9 Å². The minimum absolute atomic E-state index is 0.0109. The highest BCUT2D eigenvalue weighted by atomic mass is 35.5. The number of nitro benzene ring substituents is 1. The fourth-order valence-electron chi connectivity index (χ4n) is 2.79. The molecule has 156 valence electrons. The second-order valence-corrected chi connectivity index (χ2v) is 8.48. The highest BCUT2D eigenvalue weighted by molar-refractivity contribution is 7.21. The van der Waals surface area contributed by atoms with Crippen LogP contribution in [0.3, 0.4) is 0 Å². The lowest BCUT2D eigenvalue weighted by atomic mass is 10.1. The van der Waals surface area contributed by atoms with E-state index in [1.165, 1.54) is 18.3 Å². The lowest BCUT2D eigenvalue weighted by Gasteiger charge is -1.98. The predicted octanol–water partition coefficient (Wildman–Crippen LogP) is 6.79. The first-order valence-corrected chi connectivity index (χ1v) is 10.5. The maximum absolute atomic E-state index is 12.5. The van der Waals surface area contributed by atoms with Crippen LogP contribution in [-0.4, -0.2) is 17.0 Å². The Hall–Kier alpha value is -2.91. The second-order valence-electron chi connectivity index (χ2n) is 6.21. The lowest BCUT2D eigenvalue weighted by Crippen LogP contribution is -2.16. The van der Waals surface area contributed by atoms with E-state index in [-0.39, 0.29) is 15.6 Å². The maximum Gasteiger partial charge on any atom is 0.283 e. The molecule has 0 saturated carbocycles. The molecule has 1 N–H and O–H groups in total. The Morgan fingerprint density at radius 2 is 1.87 bits per heavy atom. The number of rotatable bonds is 5. The van der Waals surface area contributed by atoms with Gasteiger partial charge >= 0.3 is 0 Å². The Morgan fingerprint density at radius 3 is 2.58 bits per heavy atom. The summed E-state index contributed by atoms with van der Waals surface area (Å²) in [7, 11) is 0. The lowest BCUT2D eigenvalue weighted by molar-refractivity contribution is -0.384. The van der Waals surface area contributed by atoms with Crippen LogP contribution in [0.4, 0.5) is 5.69 Å². The second kappa shape index (κ2) is 8.68. The van der Waals surface area contributed by atoms with Crippen LogP contribution in [0.1, 0.15) is 15.4 Å².